The largest absolute Gasteiger partial charge is 0.299 e. The van der Waals surface area contributed by atoms with Crippen molar-refractivity contribution >= 4 is 11.6 Å². The molecule has 2 atom stereocenters. The fourth-order valence-corrected chi connectivity index (χ4v) is 5.46. The van der Waals surface area contributed by atoms with Gasteiger partial charge in [-0.1, -0.05) is 56.0 Å². The van der Waals surface area contributed by atoms with Gasteiger partial charge in [0.05, 0.1) is 0 Å². The lowest BCUT2D eigenvalue weighted by molar-refractivity contribution is -0.134. The summed E-state index contributed by atoms with van der Waals surface area (Å²) < 4.78 is 0. The van der Waals surface area contributed by atoms with E-state index in [1.54, 1.807) is 0 Å². The van der Waals surface area contributed by atoms with Crippen LogP contribution in [0.1, 0.15) is 56.9 Å². The molecule has 0 spiro atoms. The Labute approximate surface area is 157 Å². The molecule has 3 heteroatoms. The molecule has 1 saturated heterocycles. The first-order valence-corrected chi connectivity index (χ1v) is 10.6. The fraction of sp³-hybridized carbons (Fsp3) is 0.652. The van der Waals surface area contributed by atoms with E-state index in [4.69, 9.17) is 0 Å². The van der Waals surface area contributed by atoms with E-state index in [-0.39, 0.29) is 23.7 Å². The third-order valence-electron chi connectivity index (χ3n) is 6.89. The standard InChI is InChI=1S/C23H31NO2/c25-22(18-10-4-5-11-18)20-15-24(14-17-8-2-1-3-9-17)16-21(20)23(26)19-12-6-7-13-19/h1-3,8-9,18-21H,4-7,10-16H2/t20-,21-/m0/s1. The van der Waals surface area contributed by atoms with Crippen LogP contribution in [0.2, 0.25) is 0 Å². The average molecular weight is 354 g/mol. The normalized spacial score (nSPS) is 28.0. The number of rotatable bonds is 6. The minimum Gasteiger partial charge on any atom is -0.299 e. The maximum Gasteiger partial charge on any atom is 0.141 e. The topological polar surface area (TPSA) is 37.4 Å². The van der Waals surface area contributed by atoms with Gasteiger partial charge in [0.15, 0.2) is 0 Å². The number of hydrogen-bond donors (Lipinski definition) is 0. The number of carbonyl (C=O) groups excluding carboxylic acids is 2. The van der Waals surface area contributed by atoms with E-state index < -0.39 is 0 Å². The lowest BCUT2D eigenvalue weighted by Gasteiger charge is -2.22. The maximum absolute atomic E-state index is 13.2. The first kappa shape index (κ1) is 17.9. The zero-order valence-electron chi connectivity index (χ0n) is 15.7. The highest BCUT2D eigenvalue weighted by Gasteiger charge is 2.45. The van der Waals surface area contributed by atoms with Gasteiger partial charge in [-0.25, -0.2) is 0 Å². The molecule has 1 aromatic carbocycles. The maximum atomic E-state index is 13.2. The molecule has 1 aromatic rings. The van der Waals surface area contributed by atoms with Crippen LogP contribution in [0.4, 0.5) is 0 Å². The van der Waals surface area contributed by atoms with Gasteiger partial charge < -0.3 is 0 Å². The van der Waals surface area contributed by atoms with Crippen molar-refractivity contribution in [3.05, 3.63) is 35.9 Å². The summed E-state index contributed by atoms with van der Waals surface area (Å²) >= 11 is 0. The van der Waals surface area contributed by atoms with Crippen molar-refractivity contribution in [1.29, 1.82) is 0 Å². The van der Waals surface area contributed by atoms with E-state index >= 15 is 0 Å². The molecule has 26 heavy (non-hydrogen) atoms. The number of nitrogens with zero attached hydrogens (tertiary/aromatic N) is 1. The summed E-state index contributed by atoms with van der Waals surface area (Å²) in [5.41, 5.74) is 1.27. The highest BCUT2D eigenvalue weighted by molar-refractivity contribution is 5.93. The van der Waals surface area contributed by atoms with E-state index in [1.165, 1.54) is 31.2 Å². The van der Waals surface area contributed by atoms with Crippen molar-refractivity contribution in [2.75, 3.05) is 13.1 Å². The first-order valence-electron chi connectivity index (χ1n) is 10.6. The van der Waals surface area contributed by atoms with Crippen LogP contribution in [0.5, 0.6) is 0 Å². The van der Waals surface area contributed by atoms with Gasteiger partial charge in [-0.05, 0) is 31.2 Å². The highest BCUT2D eigenvalue weighted by Crippen LogP contribution is 2.38. The molecule has 4 rings (SSSR count). The van der Waals surface area contributed by atoms with E-state index in [2.05, 4.69) is 29.2 Å². The third-order valence-corrected chi connectivity index (χ3v) is 6.89. The molecule has 0 radical (unpaired) electrons. The number of hydrogen-bond acceptors (Lipinski definition) is 3. The summed E-state index contributed by atoms with van der Waals surface area (Å²) in [4.78, 5) is 28.7. The van der Waals surface area contributed by atoms with Gasteiger partial charge in [0, 0.05) is 43.3 Å². The summed E-state index contributed by atoms with van der Waals surface area (Å²) in [6.07, 6.45) is 8.87. The molecule has 0 bridgehead atoms. The lowest BCUT2D eigenvalue weighted by Crippen LogP contribution is -2.34. The summed E-state index contributed by atoms with van der Waals surface area (Å²) in [5.74, 6) is 1.11. The summed E-state index contributed by atoms with van der Waals surface area (Å²) in [6, 6.07) is 10.4. The molecule has 3 fully saturated rings. The van der Waals surface area contributed by atoms with E-state index in [1.807, 2.05) is 6.07 Å². The smallest absolute Gasteiger partial charge is 0.141 e. The van der Waals surface area contributed by atoms with Crippen LogP contribution in [0.15, 0.2) is 30.3 Å². The number of Topliss-reactive ketones (excluding diaryl/α,β-unsaturated/α-hetero) is 2. The molecule has 0 amide bonds. The first-order chi connectivity index (χ1) is 12.7. The predicted octanol–water partition coefficient (Wildman–Crippen LogP) is 4.25. The Balaban J connectivity index is 1.49. The SMILES string of the molecule is O=C(C1CCCC1)[C@H]1CN(Cc2ccccc2)C[C@@H]1C(=O)C1CCCC1. The van der Waals surface area contributed by atoms with Gasteiger partial charge in [0.1, 0.15) is 11.6 Å². The molecular formula is C23H31NO2. The highest BCUT2D eigenvalue weighted by atomic mass is 16.1. The average Bonchev–Trinajstić information content (AvgIpc) is 3.42. The van der Waals surface area contributed by atoms with E-state index in [0.717, 1.165) is 45.3 Å². The lowest BCUT2D eigenvalue weighted by atomic mass is 9.79. The van der Waals surface area contributed by atoms with Crippen LogP contribution in [0.3, 0.4) is 0 Å². The number of likely N-dealkylation sites (tertiary alicyclic amines) is 1. The van der Waals surface area contributed by atoms with Crippen LogP contribution in [0, 0.1) is 23.7 Å². The van der Waals surface area contributed by atoms with Crippen LogP contribution in [-0.4, -0.2) is 29.6 Å². The van der Waals surface area contributed by atoms with E-state index in [0.29, 0.717) is 11.6 Å². The molecular weight excluding hydrogens is 322 g/mol. The number of benzene rings is 1. The summed E-state index contributed by atoms with van der Waals surface area (Å²) in [5, 5.41) is 0. The zero-order chi connectivity index (χ0) is 17.9. The van der Waals surface area contributed by atoms with Crippen LogP contribution < -0.4 is 0 Å². The van der Waals surface area contributed by atoms with Gasteiger partial charge in [0.25, 0.3) is 0 Å². The van der Waals surface area contributed by atoms with Gasteiger partial charge in [-0.3, -0.25) is 14.5 Å². The minimum absolute atomic E-state index is 0.0603. The molecule has 1 heterocycles. The summed E-state index contributed by atoms with van der Waals surface area (Å²) in [7, 11) is 0. The molecule has 2 aliphatic carbocycles. The molecule has 0 unspecified atom stereocenters. The van der Waals surface area contributed by atoms with Gasteiger partial charge >= 0.3 is 0 Å². The summed E-state index contributed by atoms with van der Waals surface area (Å²) in [6.45, 7) is 2.39. The van der Waals surface area contributed by atoms with Crippen molar-refractivity contribution in [3.63, 3.8) is 0 Å². The molecule has 1 aliphatic heterocycles. The quantitative estimate of drug-likeness (QED) is 0.767. The second kappa shape index (κ2) is 8.04. The molecule has 140 valence electrons. The van der Waals surface area contributed by atoms with Crippen LogP contribution in [0.25, 0.3) is 0 Å². The Morgan fingerprint density at radius 2 is 1.23 bits per heavy atom. The van der Waals surface area contributed by atoms with E-state index in [9.17, 15) is 9.59 Å². The second-order valence-electron chi connectivity index (χ2n) is 8.66. The Kier molecular flexibility index (Phi) is 5.54. The van der Waals surface area contributed by atoms with Crippen molar-refractivity contribution in [2.24, 2.45) is 23.7 Å². The Bertz CT molecular complexity index is 593. The van der Waals surface area contributed by atoms with Crippen molar-refractivity contribution in [3.8, 4) is 0 Å². The van der Waals surface area contributed by atoms with Gasteiger partial charge in [-0.15, -0.1) is 0 Å². The monoisotopic (exact) mass is 353 g/mol. The van der Waals surface area contributed by atoms with Crippen LogP contribution >= 0.6 is 0 Å². The number of ketones is 2. The van der Waals surface area contributed by atoms with Crippen LogP contribution in [-0.2, 0) is 16.1 Å². The molecule has 3 aliphatic rings. The van der Waals surface area contributed by atoms with Crippen molar-refractivity contribution in [1.82, 2.24) is 4.90 Å². The van der Waals surface area contributed by atoms with Gasteiger partial charge in [0.2, 0.25) is 0 Å². The fourth-order valence-electron chi connectivity index (χ4n) is 5.46. The third kappa shape index (κ3) is 3.78. The molecule has 2 saturated carbocycles. The second-order valence-corrected chi connectivity index (χ2v) is 8.66. The molecule has 0 aromatic heterocycles. The molecule has 0 N–H and O–H groups in total. The zero-order valence-corrected chi connectivity index (χ0v) is 15.7. The predicted molar refractivity (Wildman–Crippen MR) is 103 cm³/mol. The Morgan fingerprint density at radius 1 is 0.769 bits per heavy atom. The Hall–Kier alpha value is -1.48. The number of carbonyl (C=O) groups is 2. The van der Waals surface area contributed by atoms with Crippen molar-refractivity contribution < 1.29 is 9.59 Å². The Morgan fingerprint density at radius 3 is 1.69 bits per heavy atom. The molecule has 3 nitrogen and oxygen atoms in total. The van der Waals surface area contributed by atoms with Gasteiger partial charge in [-0.2, -0.15) is 0 Å². The van der Waals surface area contributed by atoms with Crippen molar-refractivity contribution in [2.45, 2.75) is 57.9 Å². The minimum atomic E-state index is -0.0603.